The van der Waals surface area contributed by atoms with Crippen LogP contribution in [-0.2, 0) is 0 Å². The van der Waals surface area contributed by atoms with Crippen LogP contribution in [0.4, 0.5) is 0 Å². The number of aliphatic hydroxyl groups excluding tert-OH is 1. The van der Waals surface area contributed by atoms with E-state index < -0.39 is 6.10 Å². The summed E-state index contributed by atoms with van der Waals surface area (Å²) in [6, 6.07) is 19.3. The molecule has 23 heavy (non-hydrogen) atoms. The number of benzene rings is 2. The van der Waals surface area contributed by atoms with Gasteiger partial charge in [0, 0.05) is 6.54 Å². The largest absolute Gasteiger partial charge is 0.494 e. The molecule has 0 saturated heterocycles. The molecule has 0 spiro atoms. The van der Waals surface area contributed by atoms with E-state index in [-0.39, 0.29) is 19.0 Å². The van der Waals surface area contributed by atoms with Crippen molar-refractivity contribution in [3.05, 3.63) is 60.7 Å². The maximum absolute atomic E-state index is 9.83. The highest BCUT2D eigenvalue weighted by atomic mass is 35.5. The Bertz CT molecular complexity index is 510. The van der Waals surface area contributed by atoms with Crippen LogP contribution in [0.1, 0.15) is 6.42 Å². The minimum absolute atomic E-state index is 0. The monoisotopic (exact) mass is 337 g/mol. The number of rotatable bonds is 10. The molecule has 0 radical (unpaired) electrons. The molecule has 0 aliphatic heterocycles. The summed E-state index contributed by atoms with van der Waals surface area (Å²) in [6.07, 6.45) is 0.372. The van der Waals surface area contributed by atoms with E-state index in [2.05, 4.69) is 5.32 Å². The molecule has 1 unspecified atom stereocenters. The average Bonchev–Trinajstić information content (AvgIpc) is 2.58. The third kappa shape index (κ3) is 8.45. The van der Waals surface area contributed by atoms with Gasteiger partial charge < -0.3 is 19.9 Å². The quantitative estimate of drug-likeness (QED) is 0.654. The van der Waals surface area contributed by atoms with Crippen LogP contribution in [0.5, 0.6) is 11.5 Å². The Labute approximate surface area is 143 Å². The van der Waals surface area contributed by atoms with Crippen molar-refractivity contribution in [2.75, 3.05) is 26.3 Å². The molecule has 2 N–H and O–H groups in total. The van der Waals surface area contributed by atoms with E-state index in [0.717, 1.165) is 24.5 Å². The number of ether oxygens (including phenoxy) is 2. The van der Waals surface area contributed by atoms with E-state index in [1.54, 1.807) is 0 Å². The van der Waals surface area contributed by atoms with Crippen molar-refractivity contribution in [3.63, 3.8) is 0 Å². The second-order valence-electron chi connectivity index (χ2n) is 5.00. The second-order valence-corrected chi connectivity index (χ2v) is 5.00. The summed E-state index contributed by atoms with van der Waals surface area (Å²) in [6.45, 7) is 2.26. The predicted octanol–water partition coefficient (Wildman–Crippen LogP) is 2.91. The molecule has 2 aromatic carbocycles. The van der Waals surface area contributed by atoms with Crippen LogP contribution < -0.4 is 14.8 Å². The molecule has 5 heteroatoms. The lowest BCUT2D eigenvalue weighted by atomic mass is 10.3. The fraction of sp³-hybridized carbons (Fsp3) is 0.333. The Kier molecular flexibility index (Phi) is 9.87. The number of halogens is 1. The first-order valence-electron chi connectivity index (χ1n) is 7.59. The summed E-state index contributed by atoms with van der Waals surface area (Å²) in [4.78, 5) is 0. The van der Waals surface area contributed by atoms with Crippen molar-refractivity contribution in [1.29, 1.82) is 0 Å². The summed E-state index contributed by atoms with van der Waals surface area (Å²) in [5.41, 5.74) is 0. The van der Waals surface area contributed by atoms with E-state index >= 15 is 0 Å². The zero-order valence-electron chi connectivity index (χ0n) is 13.1. The van der Waals surface area contributed by atoms with Gasteiger partial charge in [0.2, 0.25) is 0 Å². The Hall–Kier alpha value is -1.75. The fourth-order valence-corrected chi connectivity index (χ4v) is 1.94. The molecular weight excluding hydrogens is 314 g/mol. The molecule has 0 heterocycles. The number of hydrogen-bond donors (Lipinski definition) is 2. The van der Waals surface area contributed by atoms with Crippen LogP contribution in [0.15, 0.2) is 60.7 Å². The predicted molar refractivity (Wildman–Crippen MR) is 94.6 cm³/mol. The molecule has 4 nitrogen and oxygen atoms in total. The first-order valence-corrected chi connectivity index (χ1v) is 7.59. The summed E-state index contributed by atoms with van der Waals surface area (Å²) < 4.78 is 11.1. The Balaban J connectivity index is 0.00000264. The van der Waals surface area contributed by atoms with E-state index in [0.29, 0.717) is 13.2 Å². The minimum atomic E-state index is -0.518. The van der Waals surface area contributed by atoms with E-state index in [1.165, 1.54) is 0 Å². The van der Waals surface area contributed by atoms with Crippen molar-refractivity contribution in [3.8, 4) is 11.5 Å². The Morgan fingerprint density at radius 1 is 0.870 bits per heavy atom. The van der Waals surface area contributed by atoms with Crippen LogP contribution in [0.25, 0.3) is 0 Å². The van der Waals surface area contributed by atoms with Gasteiger partial charge in [0.1, 0.15) is 24.2 Å². The highest BCUT2D eigenvalue weighted by molar-refractivity contribution is 5.85. The van der Waals surface area contributed by atoms with Gasteiger partial charge >= 0.3 is 0 Å². The standard InChI is InChI=1S/C18H23NO3.ClH/c20-16(15-22-18-10-5-2-6-11-18)14-19-12-7-13-21-17-8-3-1-4-9-17;/h1-6,8-11,16,19-20H,7,12-15H2;1H. The maximum Gasteiger partial charge on any atom is 0.119 e. The van der Waals surface area contributed by atoms with E-state index in [9.17, 15) is 5.11 Å². The zero-order valence-corrected chi connectivity index (χ0v) is 13.9. The molecule has 0 bridgehead atoms. The molecule has 0 amide bonds. The van der Waals surface area contributed by atoms with Crippen LogP contribution in [0.2, 0.25) is 0 Å². The first kappa shape index (κ1) is 19.3. The van der Waals surface area contributed by atoms with E-state index in [1.807, 2.05) is 60.7 Å². The zero-order chi connectivity index (χ0) is 15.5. The molecule has 2 aromatic rings. The van der Waals surface area contributed by atoms with Crippen molar-refractivity contribution in [2.24, 2.45) is 0 Å². The second kappa shape index (κ2) is 11.8. The van der Waals surface area contributed by atoms with Crippen molar-refractivity contribution in [2.45, 2.75) is 12.5 Å². The highest BCUT2D eigenvalue weighted by Crippen LogP contribution is 2.09. The topological polar surface area (TPSA) is 50.7 Å². The number of hydrogen-bond acceptors (Lipinski definition) is 4. The molecule has 0 aliphatic carbocycles. The van der Waals surface area contributed by atoms with Gasteiger partial charge in [-0.1, -0.05) is 36.4 Å². The molecule has 126 valence electrons. The SMILES string of the molecule is Cl.OC(CNCCCOc1ccccc1)COc1ccccc1. The maximum atomic E-state index is 9.83. The third-order valence-corrected chi connectivity index (χ3v) is 3.08. The van der Waals surface area contributed by atoms with Gasteiger partial charge in [-0.05, 0) is 37.2 Å². The van der Waals surface area contributed by atoms with Crippen molar-refractivity contribution >= 4 is 12.4 Å². The van der Waals surface area contributed by atoms with Crippen LogP contribution >= 0.6 is 12.4 Å². The van der Waals surface area contributed by atoms with Crippen molar-refractivity contribution < 1.29 is 14.6 Å². The smallest absolute Gasteiger partial charge is 0.119 e. The van der Waals surface area contributed by atoms with Gasteiger partial charge in [-0.15, -0.1) is 12.4 Å². The summed E-state index contributed by atoms with van der Waals surface area (Å²) in [5.74, 6) is 1.66. The van der Waals surface area contributed by atoms with Crippen LogP contribution in [0, 0.1) is 0 Å². The average molecular weight is 338 g/mol. The van der Waals surface area contributed by atoms with Gasteiger partial charge in [0.05, 0.1) is 6.61 Å². The summed E-state index contributed by atoms with van der Waals surface area (Å²) in [5, 5.41) is 13.0. The highest BCUT2D eigenvalue weighted by Gasteiger charge is 2.04. The fourth-order valence-electron chi connectivity index (χ4n) is 1.94. The molecule has 0 aromatic heterocycles. The lowest BCUT2D eigenvalue weighted by Crippen LogP contribution is -2.32. The van der Waals surface area contributed by atoms with Gasteiger partial charge in [-0.2, -0.15) is 0 Å². The summed E-state index contributed by atoms with van der Waals surface area (Å²) in [7, 11) is 0. The molecule has 1 atom stereocenters. The third-order valence-electron chi connectivity index (χ3n) is 3.08. The van der Waals surface area contributed by atoms with Crippen LogP contribution in [0.3, 0.4) is 0 Å². The van der Waals surface area contributed by atoms with Crippen LogP contribution in [-0.4, -0.2) is 37.5 Å². The lowest BCUT2D eigenvalue weighted by Gasteiger charge is -2.13. The lowest BCUT2D eigenvalue weighted by molar-refractivity contribution is 0.106. The van der Waals surface area contributed by atoms with Crippen molar-refractivity contribution in [1.82, 2.24) is 5.32 Å². The Morgan fingerprint density at radius 2 is 1.43 bits per heavy atom. The van der Waals surface area contributed by atoms with Gasteiger partial charge in [-0.3, -0.25) is 0 Å². The normalized spacial score (nSPS) is 11.3. The number of aliphatic hydroxyl groups is 1. The van der Waals surface area contributed by atoms with Gasteiger partial charge in [0.15, 0.2) is 0 Å². The number of nitrogens with one attached hydrogen (secondary N) is 1. The molecular formula is C18H24ClNO3. The van der Waals surface area contributed by atoms with Gasteiger partial charge in [-0.25, -0.2) is 0 Å². The molecule has 0 fully saturated rings. The molecule has 0 saturated carbocycles. The van der Waals surface area contributed by atoms with Gasteiger partial charge in [0.25, 0.3) is 0 Å². The molecule has 0 aliphatic rings. The molecule has 2 rings (SSSR count). The Morgan fingerprint density at radius 3 is 2.04 bits per heavy atom. The van der Waals surface area contributed by atoms with E-state index in [4.69, 9.17) is 9.47 Å². The minimum Gasteiger partial charge on any atom is -0.494 e. The number of para-hydroxylation sites is 2. The first-order chi connectivity index (χ1) is 10.8. The summed E-state index contributed by atoms with van der Waals surface area (Å²) >= 11 is 0.